The fourth-order valence-corrected chi connectivity index (χ4v) is 5.48. The number of carbonyl (C=O) groups is 3. The zero-order chi connectivity index (χ0) is 31.9. The maximum Gasteiger partial charge on any atom is 0.234 e. The Kier molecular flexibility index (Phi) is 11.0. The summed E-state index contributed by atoms with van der Waals surface area (Å²) in [6.07, 6.45) is 4.65. The Labute approximate surface area is 262 Å². The van der Waals surface area contributed by atoms with E-state index in [4.69, 9.17) is 11.6 Å². The van der Waals surface area contributed by atoms with Crippen LogP contribution in [-0.2, 0) is 10.4 Å². The maximum absolute atomic E-state index is 12.9. The summed E-state index contributed by atoms with van der Waals surface area (Å²) in [7, 11) is 0. The third-order valence-electron chi connectivity index (χ3n) is 8.02. The van der Waals surface area contributed by atoms with E-state index in [1.807, 2.05) is 44.2 Å². The van der Waals surface area contributed by atoms with Crippen molar-refractivity contribution < 1.29 is 29.0 Å². The van der Waals surface area contributed by atoms with E-state index in [2.05, 4.69) is 4.90 Å². The Bertz CT molecular complexity index is 1560. The molecule has 1 aliphatic carbocycles. The van der Waals surface area contributed by atoms with Gasteiger partial charge in [-0.15, -0.1) is 0 Å². The van der Waals surface area contributed by atoms with Crippen molar-refractivity contribution in [1.82, 2.24) is 4.90 Å². The first-order valence-electron chi connectivity index (χ1n) is 14.7. The van der Waals surface area contributed by atoms with E-state index >= 15 is 0 Å². The predicted octanol–water partition coefficient (Wildman–Crippen LogP) is 7.50. The molecule has 1 fully saturated rings. The lowest BCUT2D eigenvalue weighted by Gasteiger charge is -2.38. The molecule has 0 amide bonds. The van der Waals surface area contributed by atoms with Gasteiger partial charge in [0.05, 0.1) is 5.60 Å². The van der Waals surface area contributed by atoms with Gasteiger partial charge in [0, 0.05) is 46.8 Å². The summed E-state index contributed by atoms with van der Waals surface area (Å²) >= 11 is 5.92. The zero-order valence-electron chi connectivity index (χ0n) is 25.0. The number of halogens is 2. The molecule has 0 atom stereocenters. The van der Waals surface area contributed by atoms with Crippen molar-refractivity contribution in [2.75, 3.05) is 19.6 Å². The summed E-state index contributed by atoms with van der Waals surface area (Å²) in [6.45, 7) is 6.22. The van der Waals surface area contributed by atoms with Gasteiger partial charge in [-0.3, -0.25) is 14.4 Å². The first-order chi connectivity index (χ1) is 21.0. The van der Waals surface area contributed by atoms with Crippen LogP contribution in [-0.4, -0.2) is 52.1 Å². The van der Waals surface area contributed by atoms with Crippen LogP contribution in [0.2, 0.25) is 5.02 Å². The minimum atomic E-state index is -0.801. The molecule has 0 radical (unpaired) electrons. The lowest BCUT2D eigenvalue weighted by molar-refractivity contribution is -0.112. The molecule has 230 valence electrons. The molecule has 5 rings (SSSR count). The Balaban J connectivity index is 0.000000215. The average molecular weight is 618 g/mol. The molecule has 8 heteroatoms. The van der Waals surface area contributed by atoms with Gasteiger partial charge < -0.3 is 15.1 Å². The Morgan fingerprint density at radius 2 is 1.55 bits per heavy atom. The van der Waals surface area contributed by atoms with E-state index in [0.29, 0.717) is 35.4 Å². The number of fused-ring (bicyclic) bond motifs is 1. The van der Waals surface area contributed by atoms with Crippen LogP contribution in [0.1, 0.15) is 77.8 Å². The molecule has 1 saturated heterocycles. The minimum absolute atomic E-state index is 0.0414. The minimum Gasteiger partial charge on any atom is -0.507 e. The highest BCUT2D eigenvalue weighted by Crippen LogP contribution is 2.33. The third-order valence-corrected chi connectivity index (χ3v) is 8.27. The standard InChI is InChI=1S/C21H23ClFNO2.C15H14O3/c22-18-7-5-17(6-8-18)21(26)11-14-24(15-12-21)13-1-2-20(25)16-3-9-19(23)10-4-16;1-9(2)7-8-12-13(16)10-5-3-4-6-11(10)14(17)15(12)18/h3-10,26H,1-2,11-15H2;3-7,16H,8H2,1-2H3. The molecule has 0 bridgehead atoms. The van der Waals surface area contributed by atoms with E-state index in [9.17, 15) is 29.0 Å². The summed E-state index contributed by atoms with van der Waals surface area (Å²) < 4.78 is 12.9. The smallest absolute Gasteiger partial charge is 0.234 e. The SMILES string of the molecule is CC(C)=CCC1=C(O)c2ccccc2C(=O)C1=O.O=C(CCCN1CCC(O)(c2ccc(Cl)cc2)CC1)c1ccc(F)cc1. The first-order valence-corrected chi connectivity index (χ1v) is 15.1. The fraction of sp³-hybridized carbons (Fsp3) is 0.306. The van der Waals surface area contributed by atoms with Crippen LogP contribution >= 0.6 is 11.6 Å². The van der Waals surface area contributed by atoms with Crippen molar-refractivity contribution in [2.24, 2.45) is 0 Å². The normalized spacial score (nSPS) is 16.1. The number of allylic oxidation sites excluding steroid dienone is 3. The lowest BCUT2D eigenvalue weighted by Crippen LogP contribution is -2.42. The molecule has 3 aromatic carbocycles. The van der Waals surface area contributed by atoms with Gasteiger partial charge in [0.1, 0.15) is 11.6 Å². The average Bonchev–Trinajstić information content (AvgIpc) is 3.02. The number of carbonyl (C=O) groups excluding carboxylic acids is 3. The number of benzene rings is 3. The highest BCUT2D eigenvalue weighted by molar-refractivity contribution is 6.52. The van der Waals surface area contributed by atoms with Crippen molar-refractivity contribution in [3.8, 4) is 0 Å². The highest BCUT2D eigenvalue weighted by Gasteiger charge is 2.34. The van der Waals surface area contributed by atoms with Crippen LogP contribution < -0.4 is 0 Å². The van der Waals surface area contributed by atoms with Crippen molar-refractivity contribution in [3.05, 3.63) is 123 Å². The quantitative estimate of drug-likeness (QED) is 0.154. The number of nitrogens with zero attached hydrogens (tertiary/aromatic N) is 1. The second kappa shape index (κ2) is 14.7. The molecule has 2 aliphatic rings. The number of Topliss-reactive ketones (excluding diaryl/α,β-unsaturated/α-hetero) is 3. The molecule has 1 heterocycles. The van der Waals surface area contributed by atoms with E-state index < -0.39 is 17.2 Å². The summed E-state index contributed by atoms with van der Waals surface area (Å²) in [5, 5.41) is 21.6. The zero-order valence-corrected chi connectivity index (χ0v) is 25.7. The van der Waals surface area contributed by atoms with Gasteiger partial charge in [-0.1, -0.05) is 59.6 Å². The Morgan fingerprint density at radius 3 is 2.16 bits per heavy atom. The summed E-state index contributed by atoms with van der Waals surface area (Å²) in [6, 6.07) is 19.7. The van der Waals surface area contributed by atoms with Gasteiger partial charge >= 0.3 is 0 Å². The number of ketones is 3. The maximum atomic E-state index is 12.9. The molecule has 6 nitrogen and oxygen atoms in total. The summed E-state index contributed by atoms with van der Waals surface area (Å²) in [5.74, 6) is -1.51. The van der Waals surface area contributed by atoms with Crippen LogP contribution in [0.15, 0.2) is 90.0 Å². The van der Waals surface area contributed by atoms with Crippen molar-refractivity contribution in [2.45, 2.75) is 51.6 Å². The molecule has 0 unspecified atom stereocenters. The Morgan fingerprint density at radius 1 is 0.932 bits per heavy atom. The molecular formula is C36H37ClFNO5. The Hall–Kier alpha value is -3.91. The van der Waals surface area contributed by atoms with Crippen LogP contribution in [0, 0.1) is 5.82 Å². The lowest BCUT2D eigenvalue weighted by atomic mass is 9.84. The number of aliphatic hydroxyl groups excluding tert-OH is 1. The van der Waals surface area contributed by atoms with Gasteiger partial charge in [0.25, 0.3) is 0 Å². The van der Waals surface area contributed by atoms with Gasteiger partial charge in [-0.25, -0.2) is 4.39 Å². The topological polar surface area (TPSA) is 94.9 Å². The van der Waals surface area contributed by atoms with Crippen molar-refractivity contribution in [1.29, 1.82) is 0 Å². The number of piperidine rings is 1. The van der Waals surface area contributed by atoms with Crippen LogP contribution in [0.25, 0.3) is 5.76 Å². The highest BCUT2D eigenvalue weighted by atomic mass is 35.5. The summed E-state index contributed by atoms with van der Waals surface area (Å²) in [5.41, 5.74) is 2.61. The number of hydrogen-bond donors (Lipinski definition) is 2. The van der Waals surface area contributed by atoms with Gasteiger partial charge in [-0.05, 0) is 88.0 Å². The molecule has 0 saturated carbocycles. The molecule has 44 heavy (non-hydrogen) atoms. The van der Waals surface area contributed by atoms with E-state index in [0.717, 1.165) is 37.2 Å². The molecule has 0 spiro atoms. The van der Waals surface area contributed by atoms with E-state index in [1.165, 1.54) is 24.3 Å². The van der Waals surface area contributed by atoms with E-state index in [-0.39, 0.29) is 34.9 Å². The molecule has 1 aliphatic heterocycles. The van der Waals surface area contributed by atoms with E-state index in [1.54, 1.807) is 24.3 Å². The fourth-order valence-electron chi connectivity index (χ4n) is 5.35. The molecule has 3 aromatic rings. The summed E-state index contributed by atoms with van der Waals surface area (Å²) in [4.78, 5) is 38.2. The third kappa shape index (κ3) is 8.17. The predicted molar refractivity (Wildman–Crippen MR) is 170 cm³/mol. The van der Waals surface area contributed by atoms with Crippen molar-refractivity contribution in [3.63, 3.8) is 0 Å². The number of hydrogen-bond acceptors (Lipinski definition) is 6. The van der Waals surface area contributed by atoms with Gasteiger partial charge in [0.2, 0.25) is 11.6 Å². The number of likely N-dealkylation sites (tertiary alicyclic amines) is 1. The molecule has 2 N–H and O–H groups in total. The second-order valence-corrected chi connectivity index (χ2v) is 11.9. The van der Waals surface area contributed by atoms with Crippen LogP contribution in [0.5, 0.6) is 0 Å². The van der Waals surface area contributed by atoms with Gasteiger partial charge in [0.15, 0.2) is 5.78 Å². The second-order valence-electron chi connectivity index (χ2n) is 11.4. The molecule has 0 aromatic heterocycles. The van der Waals surface area contributed by atoms with Crippen molar-refractivity contribution >= 4 is 34.7 Å². The largest absolute Gasteiger partial charge is 0.507 e. The first kappa shape index (κ1) is 33.0. The number of rotatable bonds is 8. The molecular weight excluding hydrogens is 581 g/mol. The van der Waals surface area contributed by atoms with Crippen LogP contribution in [0.3, 0.4) is 0 Å². The van der Waals surface area contributed by atoms with Gasteiger partial charge in [-0.2, -0.15) is 0 Å². The number of aliphatic hydroxyl groups is 2. The van der Waals surface area contributed by atoms with Crippen LogP contribution in [0.4, 0.5) is 4.39 Å². The monoisotopic (exact) mass is 617 g/mol.